The summed E-state index contributed by atoms with van der Waals surface area (Å²) in [5, 5.41) is 6.82. The molecule has 1 aliphatic heterocycles. The summed E-state index contributed by atoms with van der Waals surface area (Å²) in [7, 11) is 0. The van der Waals surface area contributed by atoms with Gasteiger partial charge in [-0.3, -0.25) is 10.3 Å². The summed E-state index contributed by atoms with van der Waals surface area (Å²) in [6.45, 7) is 10.1. The molecular weight excluding hydrogens is 330 g/mol. The number of rotatable bonds is 5. The minimum Gasteiger partial charge on any atom is -0.383 e. The summed E-state index contributed by atoms with van der Waals surface area (Å²) < 4.78 is 0. The van der Waals surface area contributed by atoms with E-state index in [0.29, 0.717) is 10.9 Å². The normalized spacial score (nSPS) is 16.6. The van der Waals surface area contributed by atoms with Gasteiger partial charge in [-0.05, 0) is 74.0 Å². The fourth-order valence-corrected chi connectivity index (χ4v) is 3.73. The van der Waals surface area contributed by atoms with E-state index in [1.165, 1.54) is 54.0 Å². The van der Waals surface area contributed by atoms with Gasteiger partial charge in [0.1, 0.15) is 5.82 Å². The van der Waals surface area contributed by atoms with E-state index in [1.807, 2.05) is 6.21 Å². The molecule has 2 heterocycles. The molecule has 134 valence electrons. The van der Waals surface area contributed by atoms with E-state index in [0.717, 1.165) is 18.0 Å². The first-order valence-corrected chi connectivity index (χ1v) is 9.72. The number of aromatic nitrogens is 1. The molecule has 1 aromatic carbocycles. The Morgan fingerprint density at radius 1 is 1.32 bits per heavy atom. The Morgan fingerprint density at radius 2 is 2.08 bits per heavy atom. The number of thiazole rings is 1. The van der Waals surface area contributed by atoms with Crippen molar-refractivity contribution in [1.82, 2.24) is 9.88 Å². The number of benzene rings is 1. The third-order valence-electron chi connectivity index (χ3n) is 4.88. The van der Waals surface area contributed by atoms with Gasteiger partial charge in [0.25, 0.3) is 0 Å². The summed E-state index contributed by atoms with van der Waals surface area (Å²) in [6, 6.07) is 4.52. The predicted octanol–water partition coefficient (Wildman–Crippen LogP) is 4.02. The Morgan fingerprint density at radius 3 is 2.76 bits per heavy atom. The van der Waals surface area contributed by atoms with E-state index in [1.54, 1.807) is 5.38 Å². The van der Waals surface area contributed by atoms with E-state index >= 15 is 0 Å². The third kappa shape index (κ3) is 4.80. The molecule has 25 heavy (non-hydrogen) atoms. The molecule has 1 aliphatic rings. The number of hydrogen-bond donors (Lipinski definition) is 2. The smallest absolute Gasteiger partial charge is 0.205 e. The summed E-state index contributed by atoms with van der Waals surface area (Å²) in [4.78, 5) is 6.71. The van der Waals surface area contributed by atoms with Gasteiger partial charge in [-0.15, -0.1) is 11.3 Å². The van der Waals surface area contributed by atoms with Crippen LogP contribution in [0.4, 0.5) is 10.9 Å². The zero-order valence-corrected chi connectivity index (χ0v) is 16.1. The first-order valence-electron chi connectivity index (χ1n) is 8.84. The fourth-order valence-electron chi connectivity index (χ4n) is 3.18. The second kappa shape index (κ2) is 7.97. The molecule has 0 atom stereocenters. The average Bonchev–Trinajstić information content (AvgIpc) is 2.99. The van der Waals surface area contributed by atoms with Crippen LogP contribution in [-0.4, -0.2) is 29.2 Å². The van der Waals surface area contributed by atoms with Crippen molar-refractivity contribution in [2.75, 3.05) is 24.2 Å². The number of likely N-dealkylation sites (tertiary alicyclic amines) is 1. The van der Waals surface area contributed by atoms with Crippen LogP contribution >= 0.6 is 11.3 Å². The Labute approximate surface area is 154 Å². The van der Waals surface area contributed by atoms with Gasteiger partial charge in [-0.1, -0.05) is 13.0 Å². The zero-order valence-electron chi connectivity index (χ0n) is 15.2. The van der Waals surface area contributed by atoms with Crippen LogP contribution in [0, 0.1) is 19.8 Å². The van der Waals surface area contributed by atoms with Crippen LogP contribution in [0.2, 0.25) is 0 Å². The highest BCUT2D eigenvalue weighted by molar-refractivity contribution is 7.14. The Bertz CT molecular complexity index is 744. The van der Waals surface area contributed by atoms with Crippen molar-refractivity contribution in [3.05, 3.63) is 39.8 Å². The van der Waals surface area contributed by atoms with Crippen LogP contribution in [0.1, 0.15) is 42.0 Å². The molecule has 0 radical (unpaired) electrons. The van der Waals surface area contributed by atoms with Crippen LogP contribution < -0.4 is 11.2 Å². The number of piperidine rings is 1. The first kappa shape index (κ1) is 17.9. The number of nitrogen functional groups attached to an aromatic ring is 1. The van der Waals surface area contributed by atoms with Crippen molar-refractivity contribution < 1.29 is 0 Å². The summed E-state index contributed by atoms with van der Waals surface area (Å²) in [5.74, 6) is 1.39. The second-order valence-electron chi connectivity index (χ2n) is 7.04. The molecule has 3 rings (SSSR count). The van der Waals surface area contributed by atoms with E-state index < -0.39 is 0 Å². The van der Waals surface area contributed by atoms with Crippen LogP contribution in [-0.2, 0) is 6.54 Å². The molecule has 0 amide bonds. The zero-order chi connectivity index (χ0) is 17.8. The molecule has 0 bridgehead atoms. The van der Waals surface area contributed by atoms with Gasteiger partial charge in [0.2, 0.25) is 5.13 Å². The van der Waals surface area contributed by atoms with Gasteiger partial charge >= 0.3 is 0 Å². The molecule has 1 aromatic heterocycles. The molecular formula is C19H27N5S. The topological polar surface area (TPSA) is 66.5 Å². The van der Waals surface area contributed by atoms with Crippen molar-refractivity contribution in [2.45, 2.75) is 40.2 Å². The van der Waals surface area contributed by atoms with Crippen LogP contribution in [0.5, 0.6) is 0 Å². The Kier molecular flexibility index (Phi) is 5.71. The highest BCUT2D eigenvalue weighted by atomic mass is 32.1. The summed E-state index contributed by atoms with van der Waals surface area (Å²) in [5.41, 5.74) is 13.7. The van der Waals surface area contributed by atoms with Gasteiger partial charge in [0.15, 0.2) is 0 Å². The molecule has 2 aromatic rings. The lowest BCUT2D eigenvalue weighted by molar-refractivity contribution is 0.185. The number of aryl methyl sites for hydroxylation is 2. The maximum Gasteiger partial charge on any atom is 0.205 e. The fraction of sp³-hybridized carbons (Fsp3) is 0.474. The lowest BCUT2D eigenvalue weighted by Gasteiger charge is -2.30. The van der Waals surface area contributed by atoms with E-state index in [4.69, 9.17) is 5.73 Å². The molecule has 5 nitrogen and oxygen atoms in total. The highest BCUT2D eigenvalue weighted by Crippen LogP contribution is 2.22. The molecule has 0 unspecified atom stereocenters. The lowest BCUT2D eigenvalue weighted by Crippen LogP contribution is -2.32. The van der Waals surface area contributed by atoms with E-state index in [9.17, 15) is 0 Å². The predicted molar refractivity (Wildman–Crippen MR) is 107 cm³/mol. The van der Waals surface area contributed by atoms with Gasteiger partial charge in [-0.2, -0.15) is 5.10 Å². The first-order chi connectivity index (χ1) is 12.0. The maximum absolute atomic E-state index is 5.62. The largest absolute Gasteiger partial charge is 0.383 e. The number of nitrogens with two attached hydrogens (primary N) is 1. The van der Waals surface area contributed by atoms with Gasteiger partial charge in [-0.25, -0.2) is 4.98 Å². The van der Waals surface area contributed by atoms with Gasteiger partial charge in [0, 0.05) is 11.9 Å². The van der Waals surface area contributed by atoms with Crippen molar-refractivity contribution in [3.8, 4) is 0 Å². The quantitative estimate of drug-likeness (QED) is 0.626. The highest BCUT2D eigenvalue weighted by Gasteiger charge is 2.16. The number of nitrogens with zero attached hydrogens (tertiary/aromatic N) is 3. The Hall–Kier alpha value is -1.92. The van der Waals surface area contributed by atoms with Crippen LogP contribution in [0.15, 0.2) is 22.6 Å². The van der Waals surface area contributed by atoms with Crippen molar-refractivity contribution in [3.63, 3.8) is 0 Å². The average molecular weight is 358 g/mol. The van der Waals surface area contributed by atoms with Crippen LogP contribution in [0.25, 0.3) is 0 Å². The maximum atomic E-state index is 5.62. The molecule has 6 heteroatoms. The second-order valence-corrected chi connectivity index (χ2v) is 7.90. The van der Waals surface area contributed by atoms with Crippen molar-refractivity contribution in [1.29, 1.82) is 0 Å². The summed E-state index contributed by atoms with van der Waals surface area (Å²) in [6.07, 6.45) is 4.48. The molecule has 1 fully saturated rings. The monoisotopic (exact) mass is 357 g/mol. The standard InChI is InChI=1S/C19H27N5S/c1-13-4-6-24(7-5-13)11-17-9-16(14(2)8-15(17)3)10-21-23-19-22-18(20)12-25-19/h8-10,12-13H,4-7,11,20H2,1-3H3,(H,22,23). The molecule has 3 N–H and O–H groups in total. The number of nitrogens with one attached hydrogen (secondary N) is 1. The van der Waals surface area contributed by atoms with E-state index in [2.05, 4.69) is 53.3 Å². The minimum absolute atomic E-state index is 0.521. The third-order valence-corrected chi connectivity index (χ3v) is 5.65. The molecule has 1 saturated heterocycles. The Balaban J connectivity index is 1.69. The molecule has 0 saturated carbocycles. The van der Waals surface area contributed by atoms with Crippen molar-refractivity contribution >= 4 is 28.5 Å². The van der Waals surface area contributed by atoms with Crippen molar-refractivity contribution in [2.24, 2.45) is 11.0 Å². The number of hydrogen-bond acceptors (Lipinski definition) is 6. The SMILES string of the molecule is Cc1cc(C)c(CN2CCC(C)CC2)cc1C=NNc1nc(N)cs1. The molecule has 0 spiro atoms. The number of anilines is 2. The van der Waals surface area contributed by atoms with E-state index in [-0.39, 0.29) is 0 Å². The molecule has 0 aliphatic carbocycles. The van der Waals surface area contributed by atoms with Gasteiger partial charge in [0.05, 0.1) is 6.21 Å². The minimum atomic E-state index is 0.521. The van der Waals surface area contributed by atoms with Gasteiger partial charge < -0.3 is 5.73 Å². The lowest BCUT2D eigenvalue weighted by atomic mass is 9.96. The van der Waals surface area contributed by atoms with Crippen LogP contribution in [0.3, 0.4) is 0 Å². The number of hydrazone groups is 1. The summed E-state index contributed by atoms with van der Waals surface area (Å²) >= 11 is 1.45.